The second-order valence-corrected chi connectivity index (χ2v) is 20.0. The molecule has 0 bridgehead atoms. The Bertz CT molecular complexity index is 2240. The number of phenolic OH excluding ortho intramolecular Hbond substituents is 1. The normalized spacial score (nSPS) is 23.5. The summed E-state index contributed by atoms with van der Waals surface area (Å²) in [5.41, 5.74) is 12.0. The number of aliphatic hydroxyl groups excluding tert-OH is 3. The van der Waals surface area contributed by atoms with Crippen molar-refractivity contribution in [2.45, 2.75) is 149 Å². The molecule has 10 atom stereocenters. The third kappa shape index (κ3) is 13.4. The molecule has 1 saturated carbocycles. The fourth-order valence-electron chi connectivity index (χ4n) is 10.7. The van der Waals surface area contributed by atoms with Crippen LogP contribution in [-0.2, 0) is 28.9 Å². The van der Waals surface area contributed by atoms with Crippen molar-refractivity contribution in [3.8, 4) is 23.3 Å². The SMILES string of the molecule is CCCC(C(O)CC1=C[C+](C(C)CCC(O)C(C)O)C=N1)C1CC(Cc2ccnc(N)c2)CC2C#CC(c3ccccc3CCC(C)C)c3cc(O)c(OC)cc3CCC(=O)CC(=O)C2C1. The molecule has 0 amide bonds. The molecule has 66 heavy (non-hydrogen) atoms. The quantitative estimate of drug-likeness (QED) is 0.0473. The predicted octanol–water partition coefficient (Wildman–Crippen LogP) is 9.34. The molecule has 3 aromatic rings. The summed E-state index contributed by atoms with van der Waals surface area (Å²) in [6, 6.07) is 15.9. The molecule has 354 valence electrons. The van der Waals surface area contributed by atoms with Crippen LogP contribution in [-0.4, -0.2) is 68.6 Å². The van der Waals surface area contributed by atoms with E-state index in [0.717, 1.165) is 66.0 Å². The van der Waals surface area contributed by atoms with Gasteiger partial charge in [-0.05, 0) is 154 Å². The number of aliphatic imine (C=N–C) groups is 1. The van der Waals surface area contributed by atoms with E-state index in [2.05, 4.69) is 62.7 Å². The Morgan fingerprint density at radius 2 is 1.70 bits per heavy atom. The fourth-order valence-corrected chi connectivity index (χ4v) is 10.7. The Kier molecular flexibility index (Phi) is 18.1. The lowest BCUT2D eigenvalue weighted by Gasteiger charge is -2.32. The van der Waals surface area contributed by atoms with E-state index in [-0.39, 0.29) is 59.7 Å². The Labute approximate surface area is 393 Å². The number of aliphatic hydroxyl groups is 3. The van der Waals surface area contributed by atoms with Crippen molar-refractivity contribution in [2.75, 3.05) is 12.8 Å². The second-order valence-electron chi connectivity index (χ2n) is 20.0. The van der Waals surface area contributed by atoms with Crippen molar-refractivity contribution in [3.63, 3.8) is 0 Å². The lowest BCUT2D eigenvalue weighted by Crippen LogP contribution is -2.32. The van der Waals surface area contributed by atoms with Crippen LogP contribution in [0.25, 0.3) is 0 Å². The number of Topliss-reactive ketones (excluding diaryl/α,β-unsaturated/α-hetero) is 2. The Morgan fingerprint density at radius 1 is 0.909 bits per heavy atom. The van der Waals surface area contributed by atoms with Crippen LogP contribution < -0.4 is 10.5 Å². The molecule has 2 heterocycles. The molecule has 1 fully saturated rings. The number of methoxy groups -OCH3 is 1. The van der Waals surface area contributed by atoms with Crippen LogP contribution in [0, 0.1) is 59.2 Å². The number of aryl methyl sites for hydroxylation is 2. The Balaban J connectivity index is 1.41. The van der Waals surface area contributed by atoms with Gasteiger partial charge in [0.25, 0.3) is 0 Å². The molecule has 2 aliphatic carbocycles. The fraction of sp³-hybridized carbons (Fsp3) is 0.554. The molecule has 10 nitrogen and oxygen atoms in total. The average molecular weight is 901 g/mol. The zero-order valence-corrected chi connectivity index (χ0v) is 40.1. The minimum Gasteiger partial charge on any atom is -0.504 e. The zero-order chi connectivity index (χ0) is 47.5. The highest BCUT2D eigenvalue weighted by Crippen LogP contribution is 2.45. The first-order valence-electron chi connectivity index (χ1n) is 24.5. The maximum Gasteiger partial charge on any atom is 0.177 e. The largest absolute Gasteiger partial charge is 0.504 e. The Hall–Kier alpha value is -4.95. The Morgan fingerprint density at radius 3 is 2.42 bits per heavy atom. The lowest BCUT2D eigenvalue weighted by molar-refractivity contribution is -0.130. The van der Waals surface area contributed by atoms with Crippen LogP contribution in [0.4, 0.5) is 5.82 Å². The van der Waals surface area contributed by atoms with E-state index in [1.807, 2.05) is 36.6 Å². The lowest BCUT2D eigenvalue weighted by atomic mass is 9.73. The van der Waals surface area contributed by atoms with E-state index in [9.17, 15) is 30.0 Å². The minimum absolute atomic E-state index is 0.0129. The van der Waals surface area contributed by atoms with Crippen LogP contribution in [0.3, 0.4) is 0 Å². The molecule has 0 saturated heterocycles. The molecule has 6 rings (SSSR count). The van der Waals surface area contributed by atoms with E-state index in [0.29, 0.717) is 62.4 Å². The number of nitrogens with zero attached hydrogens (tertiary/aromatic N) is 2. The van der Waals surface area contributed by atoms with Gasteiger partial charge in [0.1, 0.15) is 35.6 Å². The maximum atomic E-state index is 14.8. The van der Waals surface area contributed by atoms with Crippen LogP contribution in [0.5, 0.6) is 11.5 Å². The number of benzene rings is 2. The standard InChI is InChI=1S/C56H73N3O7/c1-7-10-47(52(63)30-44-27-43(33-59-44)35(4)14-20-51(62)36(5)60)42-25-38(23-37-21-22-58-56(57)26-37)24-40-17-19-48(46-12-9-8-11-39(46)15-13-34(2)3)49-32-54(65)55(66-6)29-41(49)16-18-45(61)31-53(64)50(40)28-42/h8-9,11-12,21-22,26-27,29,32-36,38,40,42,47-48,50-52,60,62-63H,7,10,13-16,18,20,23-25,28,30-31H2,1-6H3,(H2-,57,58,65)/p+1. The average Bonchev–Trinajstić information content (AvgIpc) is 3.67. The maximum absolute atomic E-state index is 14.8. The molecule has 10 unspecified atom stereocenters. The molecule has 0 spiro atoms. The molecule has 3 aliphatic rings. The summed E-state index contributed by atoms with van der Waals surface area (Å²) in [6.45, 7) is 10.3. The number of pyridine rings is 1. The summed E-state index contributed by atoms with van der Waals surface area (Å²) in [6.07, 6.45) is 11.3. The minimum atomic E-state index is -0.789. The van der Waals surface area contributed by atoms with E-state index >= 15 is 0 Å². The summed E-state index contributed by atoms with van der Waals surface area (Å²) in [7, 11) is 1.52. The number of aromatic hydroxyl groups is 1. The van der Waals surface area contributed by atoms with Crippen LogP contribution in [0.15, 0.2) is 71.5 Å². The topological polar surface area (TPSA) is 176 Å². The predicted molar refractivity (Wildman–Crippen MR) is 262 cm³/mol. The van der Waals surface area contributed by atoms with Crippen molar-refractivity contribution in [1.29, 1.82) is 0 Å². The number of ether oxygens (including phenoxy) is 1. The van der Waals surface area contributed by atoms with Crippen LogP contribution >= 0.6 is 0 Å². The first-order valence-corrected chi connectivity index (χ1v) is 24.5. The van der Waals surface area contributed by atoms with Gasteiger partial charge in [0.2, 0.25) is 0 Å². The molecule has 1 aliphatic heterocycles. The first-order chi connectivity index (χ1) is 31.6. The molecule has 1 aromatic heterocycles. The van der Waals surface area contributed by atoms with Gasteiger partial charge in [-0.1, -0.05) is 63.3 Å². The van der Waals surface area contributed by atoms with Crippen molar-refractivity contribution in [2.24, 2.45) is 46.4 Å². The monoisotopic (exact) mass is 901 g/mol. The van der Waals surface area contributed by atoms with Crippen LogP contribution in [0.1, 0.15) is 139 Å². The van der Waals surface area contributed by atoms with Gasteiger partial charge in [0.05, 0.1) is 44.2 Å². The van der Waals surface area contributed by atoms with Crippen molar-refractivity contribution in [3.05, 3.63) is 100 Å². The van der Waals surface area contributed by atoms with E-state index in [1.165, 1.54) is 12.7 Å². The number of nitrogens with two attached hydrogens (primary N) is 1. The number of ketones is 2. The van der Waals surface area contributed by atoms with Gasteiger partial charge in [-0.2, -0.15) is 0 Å². The highest BCUT2D eigenvalue weighted by Gasteiger charge is 2.42. The zero-order valence-electron chi connectivity index (χ0n) is 40.1. The third-order valence-electron chi connectivity index (χ3n) is 14.5. The number of anilines is 1. The number of carbonyl (C=O) groups is 2. The first kappa shape index (κ1) is 50.5. The van der Waals surface area contributed by atoms with Crippen molar-refractivity contribution in [1.82, 2.24) is 4.98 Å². The number of allylic oxidation sites excluding steroid dienone is 1. The van der Waals surface area contributed by atoms with Gasteiger partial charge in [0, 0.05) is 30.4 Å². The van der Waals surface area contributed by atoms with Gasteiger partial charge in [-0.25, -0.2) is 4.98 Å². The molecular weight excluding hydrogens is 827 g/mol. The molecule has 10 heteroatoms. The summed E-state index contributed by atoms with van der Waals surface area (Å²) >= 11 is 0. The number of phenols is 1. The molecule has 6 N–H and O–H groups in total. The third-order valence-corrected chi connectivity index (χ3v) is 14.5. The summed E-state index contributed by atoms with van der Waals surface area (Å²) in [5, 5.41) is 43.5. The van der Waals surface area contributed by atoms with E-state index < -0.39 is 30.1 Å². The van der Waals surface area contributed by atoms with Crippen molar-refractivity contribution < 1.29 is 34.8 Å². The number of nitrogen functional groups attached to an aromatic ring is 1. The number of hydrogen-bond donors (Lipinski definition) is 5. The molecular formula is C56H74N3O7+. The molecule has 0 radical (unpaired) electrons. The number of hydrogen-bond acceptors (Lipinski definition) is 10. The number of fused-ring (bicyclic) bond motifs is 2. The summed E-state index contributed by atoms with van der Waals surface area (Å²) in [4.78, 5) is 37.7. The van der Waals surface area contributed by atoms with Gasteiger partial charge < -0.3 is 30.9 Å². The van der Waals surface area contributed by atoms with E-state index in [4.69, 9.17) is 15.5 Å². The number of rotatable bonds is 18. The summed E-state index contributed by atoms with van der Waals surface area (Å²) in [5.74, 6) is 8.32. The number of aromatic nitrogens is 1. The van der Waals surface area contributed by atoms with Crippen molar-refractivity contribution >= 4 is 23.6 Å². The second kappa shape index (κ2) is 23.7. The highest BCUT2D eigenvalue weighted by molar-refractivity contribution is 6.00. The highest BCUT2D eigenvalue weighted by atomic mass is 16.5. The van der Waals surface area contributed by atoms with Crippen LogP contribution in [0.2, 0.25) is 0 Å². The molecule has 2 aromatic carbocycles. The smallest absolute Gasteiger partial charge is 0.177 e. The number of carbonyl (C=O) groups excluding carboxylic acids is 2. The summed E-state index contributed by atoms with van der Waals surface area (Å²) < 4.78 is 5.57. The van der Waals surface area contributed by atoms with Gasteiger partial charge in [0.15, 0.2) is 17.2 Å². The van der Waals surface area contributed by atoms with Gasteiger partial charge in [-0.3, -0.25) is 9.59 Å². The van der Waals surface area contributed by atoms with E-state index in [1.54, 1.807) is 19.2 Å². The van der Waals surface area contributed by atoms with Gasteiger partial charge in [-0.15, -0.1) is 4.99 Å². The van der Waals surface area contributed by atoms with Gasteiger partial charge >= 0.3 is 0 Å².